The number of hydrogen-bond acceptors (Lipinski definition) is 4. The van der Waals surface area contributed by atoms with Crippen molar-refractivity contribution in [1.29, 1.82) is 0 Å². The van der Waals surface area contributed by atoms with Gasteiger partial charge in [0.15, 0.2) is 0 Å². The standard InChI is InChI=1S/C17H12N2O2/c1-20-15-10-7-13(8-11-15)9-12-16-18-19-17(21-16)14-5-3-2-4-6-14/h2-8,10-11H,1H3. The highest BCUT2D eigenvalue weighted by molar-refractivity contribution is 5.52. The topological polar surface area (TPSA) is 48.2 Å². The highest BCUT2D eigenvalue weighted by Gasteiger charge is 2.05. The van der Waals surface area contributed by atoms with Gasteiger partial charge in [-0.1, -0.05) is 29.2 Å². The molecule has 0 saturated carbocycles. The van der Waals surface area contributed by atoms with E-state index in [4.69, 9.17) is 9.15 Å². The molecule has 0 aliphatic heterocycles. The van der Waals surface area contributed by atoms with Crippen molar-refractivity contribution in [2.24, 2.45) is 0 Å². The van der Waals surface area contributed by atoms with E-state index in [0.717, 1.165) is 16.9 Å². The van der Waals surface area contributed by atoms with Crippen LogP contribution < -0.4 is 4.74 Å². The van der Waals surface area contributed by atoms with Crippen LogP contribution in [0.3, 0.4) is 0 Å². The fourth-order valence-corrected chi connectivity index (χ4v) is 1.77. The second-order valence-electron chi connectivity index (χ2n) is 4.26. The Balaban J connectivity index is 1.80. The van der Waals surface area contributed by atoms with Crippen LogP contribution in [-0.4, -0.2) is 17.3 Å². The molecule has 21 heavy (non-hydrogen) atoms. The zero-order valence-corrected chi connectivity index (χ0v) is 11.4. The van der Waals surface area contributed by atoms with Gasteiger partial charge in [0, 0.05) is 11.1 Å². The summed E-state index contributed by atoms with van der Waals surface area (Å²) in [5.41, 5.74) is 1.73. The maximum Gasteiger partial charge on any atom is 0.294 e. The lowest BCUT2D eigenvalue weighted by Gasteiger charge is -1.97. The van der Waals surface area contributed by atoms with Gasteiger partial charge in [-0.2, -0.15) is 0 Å². The normalized spacial score (nSPS) is 9.76. The molecule has 4 heteroatoms. The minimum Gasteiger partial charge on any atom is -0.497 e. The maximum absolute atomic E-state index is 5.52. The number of nitrogens with zero attached hydrogens (tertiary/aromatic N) is 2. The van der Waals surface area contributed by atoms with Crippen molar-refractivity contribution >= 4 is 0 Å². The summed E-state index contributed by atoms with van der Waals surface area (Å²) in [6.45, 7) is 0. The molecule has 2 aromatic carbocycles. The Morgan fingerprint density at radius 3 is 2.38 bits per heavy atom. The first kappa shape index (κ1) is 12.9. The van der Waals surface area contributed by atoms with Crippen molar-refractivity contribution in [1.82, 2.24) is 10.2 Å². The van der Waals surface area contributed by atoms with Crippen LogP contribution in [0.4, 0.5) is 0 Å². The van der Waals surface area contributed by atoms with Crippen LogP contribution in [0.2, 0.25) is 0 Å². The average Bonchev–Trinajstić information content (AvgIpc) is 3.03. The summed E-state index contributed by atoms with van der Waals surface area (Å²) in [4.78, 5) is 0. The molecule has 0 bridgehead atoms. The van der Waals surface area contributed by atoms with Gasteiger partial charge in [-0.15, -0.1) is 5.10 Å². The molecular formula is C17H12N2O2. The van der Waals surface area contributed by atoms with Crippen molar-refractivity contribution in [3.05, 3.63) is 66.1 Å². The maximum atomic E-state index is 5.52. The molecule has 3 aromatic rings. The van der Waals surface area contributed by atoms with E-state index in [1.54, 1.807) is 7.11 Å². The van der Waals surface area contributed by atoms with Gasteiger partial charge in [0.25, 0.3) is 5.89 Å². The third-order valence-electron chi connectivity index (χ3n) is 2.85. The van der Waals surface area contributed by atoms with Crippen LogP contribution in [0.1, 0.15) is 11.5 Å². The van der Waals surface area contributed by atoms with E-state index in [1.165, 1.54) is 0 Å². The van der Waals surface area contributed by atoms with E-state index in [9.17, 15) is 0 Å². The van der Waals surface area contributed by atoms with Gasteiger partial charge in [0.05, 0.1) is 7.11 Å². The second-order valence-corrected chi connectivity index (χ2v) is 4.26. The van der Waals surface area contributed by atoms with Gasteiger partial charge < -0.3 is 9.15 Å². The molecule has 1 heterocycles. The fraction of sp³-hybridized carbons (Fsp3) is 0.0588. The van der Waals surface area contributed by atoms with E-state index < -0.39 is 0 Å². The Labute approximate surface area is 122 Å². The SMILES string of the molecule is COc1ccc(C#Cc2nnc(-c3ccccc3)o2)cc1. The summed E-state index contributed by atoms with van der Waals surface area (Å²) < 4.78 is 10.6. The lowest BCUT2D eigenvalue weighted by Crippen LogP contribution is -1.82. The monoisotopic (exact) mass is 276 g/mol. The number of ether oxygens (including phenoxy) is 1. The van der Waals surface area contributed by atoms with Crippen LogP contribution in [0.25, 0.3) is 11.5 Å². The largest absolute Gasteiger partial charge is 0.497 e. The van der Waals surface area contributed by atoms with Crippen LogP contribution in [-0.2, 0) is 0 Å². The number of benzene rings is 2. The van der Waals surface area contributed by atoms with Crippen LogP contribution >= 0.6 is 0 Å². The molecule has 0 N–H and O–H groups in total. The summed E-state index contributed by atoms with van der Waals surface area (Å²) in [7, 11) is 1.63. The lowest BCUT2D eigenvalue weighted by molar-refractivity contribution is 0.415. The Hall–Kier alpha value is -3.06. The van der Waals surface area contributed by atoms with E-state index in [0.29, 0.717) is 11.8 Å². The van der Waals surface area contributed by atoms with Crippen molar-refractivity contribution < 1.29 is 9.15 Å². The van der Waals surface area contributed by atoms with Crippen LogP contribution in [0.15, 0.2) is 59.0 Å². The molecule has 0 fully saturated rings. The highest BCUT2D eigenvalue weighted by Crippen LogP contribution is 2.16. The first-order chi connectivity index (χ1) is 10.3. The van der Waals surface area contributed by atoms with Gasteiger partial charge in [-0.25, -0.2) is 0 Å². The summed E-state index contributed by atoms with van der Waals surface area (Å²) >= 11 is 0. The number of aromatic nitrogens is 2. The predicted molar refractivity (Wildman–Crippen MR) is 78.7 cm³/mol. The van der Waals surface area contributed by atoms with E-state index in [1.807, 2.05) is 54.6 Å². The van der Waals surface area contributed by atoms with Gasteiger partial charge in [-0.3, -0.25) is 0 Å². The van der Waals surface area contributed by atoms with Crippen molar-refractivity contribution in [3.8, 4) is 29.0 Å². The molecule has 0 atom stereocenters. The third-order valence-corrected chi connectivity index (χ3v) is 2.85. The summed E-state index contributed by atoms with van der Waals surface area (Å²) in [6, 6.07) is 17.1. The van der Waals surface area contributed by atoms with Gasteiger partial charge in [0.1, 0.15) is 5.75 Å². The molecule has 0 unspecified atom stereocenters. The van der Waals surface area contributed by atoms with E-state index in [2.05, 4.69) is 22.0 Å². The minimum atomic E-state index is 0.296. The quantitative estimate of drug-likeness (QED) is 0.675. The molecule has 0 aliphatic rings. The molecular weight excluding hydrogens is 264 g/mol. The Morgan fingerprint density at radius 2 is 1.67 bits per heavy atom. The van der Waals surface area contributed by atoms with E-state index in [-0.39, 0.29) is 0 Å². The van der Waals surface area contributed by atoms with Gasteiger partial charge in [-0.05, 0) is 42.3 Å². The number of methoxy groups -OCH3 is 1. The summed E-state index contributed by atoms with van der Waals surface area (Å²) in [6.07, 6.45) is 0. The van der Waals surface area contributed by atoms with Crippen LogP contribution in [0, 0.1) is 11.8 Å². The molecule has 0 saturated heterocycles. The van der Waals surface area contributed by atoms with E-state index >= 15 is 0 Å². The zero-order chi connectivity index (χ0) is 14.5. The van der Waals surface area contributed by atoms with Crippen molar-refractivity contribution in [2.45, 2.75) is 0 Å². The molecule has 0 aliphatic carbocycles. The zero-order valence-electron chi connectivity index (χ0n) is 11.4. The molecule has 4 nitrogen and oxygen atoms in total. The van der Waals surface area contributed by atoms with Gasteiger partial charge in [0.2, 0.25) is 5.89 Å². The second kappa shape index (κ2) is 5.93. The Morgan fingerprint density at radius 1 is 0.905 bits per heavy atom. The average molecular weight is 276 g/mol. The third kappa shape index (κ3) is 3.10. The van der Waals surface area contributed by atoms with Crippen molar-refractivity contribution in [3.63, 3.8) is 0 Å². The molecule has 0 radical (unpaired) electrons. The van der Waals surface area contributed by atoms with Crippen molar-refractivity contribution in [2.75, 3.05) is 7.11 Å². The van der Waals surface area contributed by atoms with Gasteiger partial charge >= 0.3 is 0 Å². The number of hydrogen-bond donors (Lipinski definition) is 0. The molecule has 102 valence electrons. The van der Waals surface area contributed by atoms with Crippen LogP contribution in [0.5, 0.6) is 5.75 Å². The number of rotatable bonds is 2. The molecule has 1 aromatic heterocycles. The Kier molecular flexibility index (Phi) is 3.66. The Bertz CT molecular complexity index is 781. The smallest absolute Gasteiger partial charge is 0.294 e. The first-order valence-corrected chi connectivity index (χ1v) is 6.40. The fourth-order valence-electron chi connectivity index (χ4n) is 1.77. The summed E-state index contributed by atoms with van der Waals surface area (Å²) in [5.74, 6) is 7.39. The minimum absolute atomic E-state index is 0.296. The molecule has 3 rings (SSSR count). The molecule has 0 amide bonds. The molecule has 0 spiro atoms. The predicted octanol–water partition coefficient (Wildman–Crippen LogP) is 3.15. The first-order valence-electron chi connectivity index (χ1n) is 6.40. The highest BCUT2D eigenvalue weighted by atomic mass is 16.5. The lowest BCUT2D eigenvalue weighted by atomic mass is 10.2. The summed E-state index contributed by atoms with van der Waals surface area (Å²) in [5, 5.41) is 7.91.